The van der Waals surface area contributed by atoms with E-state index in [1.165, 1.54) is 6.33 Å². The molecular formula is C11H8Br2ClN3. The Morgan fingerprint density at radius 1 is 1.24 bits per heavy atom. The molecule has 2 aromatic rings. The highest BCUT2D eigenvalue weighted by Crippen LogP contribution is 2.31. The van der Waals surface area contributed by atoms with Crippen molar-refractivity contribution in [1.29, 1.82) is 0 Å². The minimum Gasteiger partial charge on any atom is -0.339 e. The average molecular weight is 377 g/mol. The van der Waals surface area contributed by atoms with Gasteiger partial charge < -0.3 is 5.32 Å². The minimum atomic E-state index is 0.384. The molecule has 1 N–H and O–H groups in total. The van der Waals surface area contributed by atoms with Crippen LogP contribution in [0.15, 0.2) is 33.5 Å². The molecular weight excluding hydrogens is 369 g/mol. The summed E-state index contributed by atoms with van der Waals surface area (Å²) < 4.78 is 1.69. The van der Waals surface area contributed by atoms with E-state index in [4.69, 9.17) is 11.6 Å². The molecule has 0 aliphatic rings. The first-order valence-electron chi connectivity index (χ1n) is 4.77. The van der Waals surface area contributed by atoms with Crippen LogP contribution in [-0.2, 0) is 0 Å². The van der Waals surface area contributed by atoms with Crippen molar-refractivity contribution < 1.29 is 0 Å². The van der Waals surface area contributed by atoms with E-state index < -0.39 is 0 Å². The third-order valence-corrected chi connectivity index (χ3v) is 4.39. The highest BCUT2D eigenvalue weighted by Gasteiger charge is 2.08. The maximum absolute atomic E-state index is 5.90. The smallest absolute Gasteiger partial charge is 0.149 e. The second-order valence-electron chi connectivity index (χ2n) is 3.36. The van der Waals surface area contributed by atoms with Crippen LogP contribution in [0.1, 0.15) is 5.56 Å². The van der Waals surface area contributed by atoms with Crippen molar-refractivity contribution >= 4 is 55.0 Å². The zero-order valence-electron chi connectivity index (χ0n) is 8.84. The molecule has 0 radical (unpaired) electrons. The molecule has 1 aromatic carbocycles. The van der Waals surface area contributed by atoms with Crippen molar-refractivity contribution in [3.05, 3.63) is 44.2 Å². The lowest BCUT2D eigenvalue weighted by Crippen LogP contribution is -1.98. The summed E-state index contributed by atoms with van der Waals surface area (Å²) in [4.78, 5) is 8.02. The summed E-state index contributed by atoms with van der Waals surface area (Å²) in [5.74, 6) is 0.645. The summed E-state index contributed by atoms with van der Waals surface area (Å²) in [5, 5.41) is 3.59. The number of anilines is 2. The summed E-state index contributed by atoms with van der Waals surface area (Å²) in [5.41, 5.74) is 2.07. The second-order valence-corrected chi connectivity index (χ2v) is 5.37. The molecule has 0 aliphatic carbocycles. The van der Waals surface area contributed by atoms with Gasteiger partial charge in [-0.3, -0.25) is 0 Å². The highest BCUT2D eigenvalue weighted by molar-refractivity contribution is 9.11. The monoisotopic (exact) mass is 375 g/mol. The van der Waals surface area contributed by atoms with Crippen molar-refractivity contribution in [1.82, 2.24) is 9.97 Å². The number of benzene rings is 1. The number of hydrogen-bond acceptors (Lipinski definition) is 3. The summed E-state index contributed by atoms with van der Waals surface area (Å²) >= 11 is 12.7. The average Bonchev–Trinajstić information content (AvgIpc) is 2.31. The van der Waals surface area contributed by atoms with Crippen LogP contribution in [0.25, 0.3) is 0 Å². The lowest BCUT2D eigenvalue weighted by atomic mass is 10.2. The van der Waals surface area contributed by atoms with E-state index in [-0.39, 0.29) is 0 Å². The summed E-state index contributed by atoms with van der Waals surface area (Å²) in [6.45, 7) is 2.02. The normalized spacial score (nSPS) is 10.4. The molecule has 2 rings (SSSR count). The zero-order chi connectivity index (χ0) is 12.4. The van der Waals surface area contributed by atoms with Crippen LogP contribution >= 0.6 is 43.5 Å². The number of halogens is 3. The molecule has 0 atom stereocenters. The van der Waals surface area contributed by atoms with Crippen molar-refractivity contribution in [2.45, 2.75) is 6.92 Å². The van der Waals surface area contributed by atoms with Gasteiger partial charge in [-0.15, -0.1) is 0 Å². The predicted molar refractivity (Wildman–Crippen MR) is 76.9 cm³/mol. The molecule has 1 aromatic heterocycles. The summed E-state index contributed by atoms with van der Waals surface area (Å²) in [6.07, 6.45) is 1.42. The Kier molecular flexibility index (Phi) is 4.01. The molecule has 0 saturated heterocycles. The molecule has 0 unspecified atom stereocenters. The van der Waals surface area contributed by atoms with Gasteiger partial charge in [0.1, 0.15) is 17.3 Å². The fraction of sp³-hybridized carbons (Fsp3) is 0.0909. The third kappa shape index (κ3) is 2.78. The quantitative estimate of drug-likeness (QED) is 0.771. The van der Waals surface area contributed by atoms with Gasteiger partial charge >= 0.3 is 0 Å². The van der Waals surface area contributed by atoms with E-state index in [9.17, 15) is 0 Å². The number of nitrogens with one attached hydrogen (secondary N) is 1. The topological polar surface area (TPSA) is 37.8 Å². The van der Waals surface area contributed by atoms with Crippen LogP contribution in [0.2, 0.25) is 5.15 Å². The lowest BCUT2D eigenvalue weighted by Gasteiger charge is -2.11. The van der Waals surface area contributed by atoms with E-state index in [1.54, 1.807) is 0 Å². The van der Waals surface area contributed by atoms with Crippen LogP contribution in [0.4, 0.5) is 11.5 Å². The predicted octanol–water partition coefficient (Wildman–Crippen LogP) is 4.71. The van der Waals surface area contributed by atoms with Crippen LogP contribution in [-0.4, -0.2) is 9.97 Å². The van der Waals surface area contributed by atoms with Gasteiger partial charge in [-0.25, -0.2) is 9.97 Å². The van der Waals surface area contributed by atoms with Crippen molar-refractivity contribution in [2.75, 3.05) is 5.32 Å². The van der Waals surface area contributed by atoms with Gasteiger partial charge in [-0.1, -0.05) is 33.6 Å². The first kappa shape index (κ1) is 12.8. The fourth-order valence-corrected chi connectivity index (χ4v) is 2.11. The lowest BCUT2D eigenvalue weighted by molar-refractivity contribution is 1.15. The third-order valence-electron chi connectivity index (χ3n) is 2.27. The first-order valence-corrected chi connectivity index (χ1v) is 6.74. The maximum atomic E-state index is 5.90. The number of hydrogen-bond donors (Lipinski definition) is 1. The Bertz CT molecular complexity index is 511. The van der Waals surface area contributed by atoms with Crippen LogP contribution in [0.3, 0.4) is 0 Å². The van der Waals surface area contributed by atoms with Gasteiger partial charge in [-0.2, -0.15) is 0 Å². The standard InChI is InChI=1S/C11H8Br2ClN3/c1-6-7(12)3-2-4-8(6)17-11-9(13)10(14)15-5-16-11/h2-5H,1H3,(H,15,16,17). The van der Waals surface area contributed by atoms with Gasteiger partial charge in [0.25, 0.3) is 0 Å². The second kappa shape index (κ2) is 5.33. The molecule has 6 heteroatoms. The summed E-state index contributed by atoms with van der Waals surface area (Å²) in [7, 11) is 0. The number of aromatic nitrogens is 2. The molecule has 0 spiro atoms. The van der Waals surface area contributed by atoms with E-state index in [0.29, 0.717) is 15.4 Å². The van der Waals surface area contributed by atoms with Crippen LogP contribution < -0.4 is 5.32 Å². The van der Waals surface area contributed by atoms with Gasteiger partial charge in [0.15, 0.2) is 0 Å². The Morgan fingerprint density at radius 2 is 2.00 bits per heavy atom. The molecule has 88 valence electrons. The Morgan fingerprint density at radius 3 is 2.76 bits per heavy atom. The van der Waals surface area contributed by atoms with Gasteiger partial charge in [0.05, 0.1) is 4.47 Å². The Hall–Kier alpha value is -0.650. The molecule has 0 fully saturated rings. The molecule has 0 amide bonds. The Labute approximate surface area is 121 Å². The molecule has 1 heterocycles. The zero-order valence-corrected chi connectivity index (χ0v) is 12.8. The van der Waals surface area contributed by atoms with Crippen molar-refractivity contribution in [3.63, 3.8) is 0 Å². The van der Waals surface area contributed by atoms with Crippen molar-refractivity contribution in [3.8, 4) is 0 Å². The van der Waals surface area contributed by atoms with Gasteiger partial charge in [-0.05, 0) is 40.5 Å². The molecule has 0 aliphatic heterocycles. The van der Waals surface area contributed by atoms with E-state index in [2.05, 4.69) is 47.1 Å². The molecule has 3 nitrogen and oxygen atoms in total. The highest BCUT2D eigenvalue weighted by atomic mass is 79.9. The Balaban J connectivity index is 2.38. The SMILES string of the molecule is Cc1c(Br)cccc1Nc1ncnc(Cl)c1Br. The van der Waals surface area contributed by atoms with E-state index in [0.717, 1.165) is 15.7 Å². The first-order chi connectivity index (χ1) is 8.09. The minimum absolute atomic E-state index is 0.384. The van der Waals surface area contributed by atoms with Crippen LogP contribution in [0.5, 0.6) is 0 Å². The van der Waals surface area contributed by atoms with Gasteiger partial charge in [0, 0.05) is 10.2 Å². The van der Waals surface area contributed by atoms with Crippen LogP contribution in [0, 0.1) is 6.92 Å². The van der Waals surface area contributed by atoms with E-state index in [1.807, 2.05) is 25.1 Å². The summed E-state index contributed by atoms with van der Waals surface area (Å²) in [6, 6.07) is 5.92. The number of rotatable bonds is 2. The van der Waals surface area contributed by atoms with E-state index >= 15 is 0 Å². The molecule has 0 saturated carbocycles. The largest absolute Gasteiger partial charge is 0.339 e. The van der Waals surface area contributed by atoms with Crippen molar-refractivity contribution in [2.24, 2.45) is 0 Å². The fourth-order valence-electron chi connectivity index (χ4n) is 1.31. The maximum Gasteiger partial charge on any atom is 0.149 e. The van der Waals surface area contributed by atoms with Gasteiger partial charge in [0.2, 0.25) is 0 Å². The molecule has 0 bridgehead atoms. The molecule has 17 heavy (non-hydrogen) atoms. The number of nitrogens with zero attached hydrogens (tertiary/aromatic N) is 2.